The van der Waals surface area contributed by atoms with Crippen LogP contribution in [-0.2, 0) is 0 Å². The number of hydrogen-bond acceptors (Lipinski definition) is 4. The molecule has 3 nitrogen and oxygen atoms in total. The third kappa shape index (κ3) is 5.52. The Balaban J connectivity index is 1.78. The van der Waals surface area contributed by atoms with Crippen LogP contribution in [0.5, 0.6) is 0 Å². The highest BCUT2D eigenvalue weighted by atomic mass is 32.2. The van der Waals surface area contributed by atoms with E-state index >= 15 is 0 Å². The number of hydrogen-bond donors (Lipinski definition) is 3. The van der Waals surface area contributed by atoms with Gasteiger partial charge in [0.25, 0.3) is 0 Å². The van der Waals surface area contributed by atoms with Crippen LogP contribution in [0.1, 0.15) is 12.8 Å². The lowest BCUT2D eigenvalue weighted by Gasteiger charge is -2.10. The van der Waals surface area contributed by atoms with Crippen LogP contribution in [0.3, 0.4) is 0 Å². The van der Waals surface area contributed by atoms with Crippen molar-refractivity contribution >= 4 is 11.8 Å². The molecule has 0 bridgehead atoms. The Morgan fingerprint density at radius 2 is 2.38 bits per heavy atom. The van der Waals surface area contributed by atoms with Gasteiger partial charge in [0.15, 0.2) is 0 Å². The van der Waals surface area contributed by atoms with Crippen LogP contribution < -0.4 is 10.6 Å². The van der Waals surface area contributed by atoms with E-state index in [9.17, 15) is 0 Å². The van der Waals surface area contributed by atoms with Crippen LogP contribution in [-0.4, -0.2) is 48.9 Å². The topological polar surface area (TPSA) is 44.3 Å². The molecule has 0 aromatic carbocycles. The summed E-state index contributed by atoms with van der Waals surface area (Å²) in [4.78, 5) is 0. The predicted molar refractivity (Wildman–Crippen MR) is 58.3 cm³/mol. The van der Waals surface area contributed by atoms with E-state index in [0.717, 1.165) is 37.6 Å². The molecule has 0 aliphatic carbocycles. The van der Waals surface area contributed by atoms with E-state index in [2.05, 4.69) is 10.6 Å². The molecule has 0 saturated carbocycles. The Labute approximate surface area is 84.7 Å². The molecule has 1 aliphatic heterocycles. The second-order valence-electron chi connectivity index (χ2n) is 3.33. The van der Waals surface area contributed by atoms with Crippen molar-refractivity contribution in [2.24, 2.45) is 0 Å². The number of aliphatic hydroxyl groups is 1. The Hall–Kier alpha value is 0.230. The number of nitrogens with one attached hydrogen (secondary N) is 2. The van der Waals surface area contributed by atoms with Crippen LogP contribution in [0.25, 0.3) is 0 Å². The van der Waals surface area contributed by atoms with Gasteiger partial charge in [-0.25, -0.2) is 0 Å². The van der Waals surface area contributed by atoms with Crippen molar-refractivity contribution in [3.8, 4) is 0 Å². The van der Waals surface area contributed by atoms with Crippen LogP contribution >= 0.6 is 11.8 Å². The number of rotatable bonds is 7. The summed E-state index contributed by atoms with van der Waals surface area (Å²) in [7, 11) is 0. The highest BCUT2D eigenvalue weighted by molar-refractivity contribution is 7.99. The van der Waals surface area contributed by atoms with E-state index in [-0.39, 0.29) is 0 Å². The van der Waals surface area contributed by atoms with E-state index in [1.54, 1.807) is 0 Å². The van der Waals surface area contributed by atoms with Gasteiger partial charge in [0, 0.05) is 31.5 Å². The molecule has 1 atom stereocenters. The first-order valence-electron chi connectivity index (χ1n) is 5.06. The van der Waals surface area contributed by atoms with Crippen molar-refractivity contribution in [2.75, 3.05) is 37.7 Å². The summed E-state index contributed by atoms with van der Waals surface area (Å²) in [6, 6.07) is 0.693. The molecular formula is C9H20N2OS. The molecule has 0 aromatic rings. The van der Waals surface area contributed by atoms with E-state index in [4.69, 9.17) is 5.11 Å². The highest BCUT2D eigenvalue weighted by Crippen LogP contribution is 2.01. The highest BCUT2D eigenvalue weighted by Gasteiger charge is 2.12. The zero-order valence-electron chi connectivity index (χ0n) is 8.09. The van der Waals surface area contributed by atoms with Gasteiger partial charge in [0.1, 0.15) is 0 Å². The van der Waals surface area contributed by atoms with Crippen LogP contribution in [0.15, 0.2) is 0 Å². The molecule has 0 radical (unpaired) electrons. The standard InChI is InChI=1S/C9H20N2OS/c12-5-1-6-13-7-4-11-9-2-3-10-8-9/h9-12H,1-8H2. The fourth-order valence-electron chi connectivity index (χ4n) is 1.43. The summed E-state index contributed by atoms with van der Waals surface area (Å²) in [5.74, 6) is 2.25. The summed E-state index contributed by atoms with van der Waals surface area (Å²) in [5, 5.41) is 15.4. The van der Waals surface area contributed by atoms with Gasteiger partial charge in [-0.05, 0) is 25.1 Å². The maximum Gasteiger partial charge on any atom is 0.0438 e. The van der Waals surface area contributed by atoms with Gasteiger partial charge in [-0.15, -0.1) is 0 Å². The fourth-order valence-corrected chi connectivity index (χ4v) is 2.23. The summed E-state index contributed by atoms with van der Waals surface area (Å²) >= 11 is 1.92. The van der Waals surface area contributed by atoms with Crippen molar-refractivity contribution in [1.82, 2.24) is 10.6 Å². The normalized spacial score (nSPS) is 22.4. The zero-order chi connectivity index (χ0) is 9.36. The molecule has 0 spiro atoms. The second-order valence-corrected chi connectivity index (χ2v) is 4.56. The van der Waals surface area contributed by atoms with Gasteiger partial charge in [-0.1, -0.05) is 0 Å². The molecular weight excluding hydrogens is 184 g/mol. The van der Waals surface area contributed by atoms with Gasteiger partial charge >= 0.3 is 0 Å². The van der Waals surface area contributed by atoms with E-state index in [1.807, 2.05) is 11.8 Å². The van der Waals surface area contributed by atoms with Crippen molar-refractivity contribution < 1.29 is 5.11 Å². The molecule has 1 aliphatic rings. The maximum atomic E-state index is 8.56. The molecule has 1 unspecified atom stereocenters. The maximum absolute atomic E-state index is 8.56. The van der Waals surface area contributed by atoms with Crippen molar-refractivity contribution in [3.05, 3.63) is 0 Å². The summed E-state index contributed by atoms with van der Waals surface area (Å²) < 4.78 is 0. The molecule has 3 N–H and O–H groups in total. The second kappa shape index (κ2) is 7.62. The smallest absolute Gasteiger partial charge is 0.0438 e. The third-order valence-corrected chi connectivity index (χ3v) is 3.26. The first-order chi connectivity index (χ1) is 6.43. The lowest BCUT2D eigenvalue weighted by molar-refractivity contribution is 0.296. The molecule has 4 heteroatoms. The first kappa shape index (κ1) is 11.3. The molecule has 13 heavy (non-hydrogen) atoms. The van der Waals surface area contributed by atoms with Gasteiger partial charge in [-0.3, -0.25) is 0 Å². The quantitative estimate of drug-likeness (QED) is 0.513. The van der Waals surface area contributed by atoms with Gasteiger partial charge in [0.2, 0.25) is 0 Å². The van der Waals surface area contributed by atoms with E-state index in [0.29, 0.717) is 12.6 Å². The lowest BCUT2D eigenvalue weighted by atomic mass is 10.3. The Bertz CT molecular complexity index is 118. The SMILES string of the molecule is OCCCSCCNC1CCNC1. The minimum absolute atomic E-state index is 0.326. The summed E-state index contributed by atoms with van der Waals surface area (Å²) in [6.45, 7) is 3.71. The average Bonchev–Trinajstić information content (AvgIpc) is 2.63. The molecule has 0 amide bonds. The molecule has 1 fully saturated rings. The number of thioether (sulfide) groups is 1. The van der Waals surface area contributed by atoms with Crippen LogP contribution in [0.2, 0.25) is 0 Å². The largest absolute Gasteiger partial charge is 0.396 e. The lowest BCUT2D eigenvalue weighted by Crippen LogP contribution is -2.32. The number of aliphatic hydroxyl groups excluding tert-OH is 1. The van der Waals surface area contributed by atoms with Crippen molar-refractivity contribution in [3.63, 3.8) is 0 Å². The van der Waals surface area contributed by atoms with E-state index < -0.39 is 0 Å². The zero-order valence-corrected chi connectivity index (χ0v) is 8.91. The summed E-state index contributed by atoms with van der Waals surface area (Å²) in [5.41, 5.74) is 0. The molecule has 1 rings (SSSR count). The molecule has 1 heterocycles. The molecule has 78 valence electrons. The minimum atomic E-state index is 0.326. The predicted octanol–water partition coefficient (Wildman–Crippen LogP) is 0.0535. The van der Waals surface area contributed by atoms with Gasteiger partial charge in [-0.2, -0.15) is 11.8 Å². The van der Waals surface area contributed by atoms with Crippen LogP contribution in [0.4, 0.5) is 0 Å². The monoisotopic (exact) mass is 204 g/mol. The van der Waals surface area contributed by atoms with Crippen LogP contribution in [0, 0.1) is 0 Å². The fraction of sp³-hybridized carbons (Fsp3) is 1.00. The third-order valence-electron chi connectivity index (χ3n) is 2.19. The van der Waals surface area contributed by atoms with Gasteiger partial charge < -0.3 is 15.7 Å². The Kier molecular flexibility index (Phi) is 6.62. The first-order valence-corrected chi connectivity index (χ1v) is 6.21. The minimum Gasteiger partial charge on any atom is -0.396 e. The van der Waals surface area contributed by atoms with E-state index in [1.165, 1.54) is 6.42 Å². The van der Waals surface area contributed by atoms with Crippen molar-refractivity contribution in [1.29, 1.82) is 0 Å². The van der Waals surface area contributed by atoms with Gasteiger partial charge in [0.05, 0.1) is 0 Å². The molecule has 1 saturated heterocycles. The molecule has 0 aromatic heterocycles. The average molecular weight is 204 g/mol. The van der Waals surface area contributed by atoms with Crippen molar-refractivity contribution in [2.45, 2.75) is 18.9 Å². The Morgan fingerprint density at radius 1 is 1.46 bits per heavy atom. The summed E-state index contributed by atoms with van der Waals surface area (Å²) in [6.07, 6.45) is 2.19. The Morgan fingerprint density at radius 3 is 3.08 bits per heavy atom.